The van der Waals surface area contributed by atoms with Gasteiger partial charge >= 0.3 is 5.97 Å². The van der Waals surface area contributed by atoms with Crippen molar-refractivity contribution in [3.05, 3.63) is 52.0 Å². The first-order chi connectivity index (χ1) is 9.49. The average Bonchev–Trinajstić information content (AvgIpc) is 2.87. The van der Waals surface area contributed by atoms with Crippen molar-refractivity contribution in [1.82, 2.24) is 9.97 Å². The highest BCUT2D eigenvalue weighted by molar-refractivity contribution is 5.96. The van der Waals surface area contributed by atoms with Crippen LogP contribution in [0.3, 0.4) is 0 Å². The topological polar surface area (TPSA) is 141 Å². The maximum Gasteiger partial charge on any atom is 0.344 e. The van der Waals surface area contributed by atoms with Gasteiger partial charge in [-0.15, -0.1) is 0 Å². The molecule has 0 saturated heterocycles. The van der Waals surface area contributed by atoms with Gasteiger partial charge in [0.15, 0.2) is 5.69 Å². The van der Waals surface area contributed by atoms with E-state index in [0.717, 1.165) is 18.5 Å². The molecule has 1 amide bonds. The maximum absolute atomic E-state index is 11.8. The number of carbonyl (C=O) groups excluding carboxylic acids is 2. The van der Waals surface area contributed by atoms with E-state index in [1.807, 2.05) is 0 Å². The Balaban J connectivity index is 2.17. The predicted molar refractivity (Wildman–Crippen MR) is 65.2 cm³/mol. The van der Waals surface area contributed by atoms with Gasteiger partial charge in [-0.05, 0) is 12.1 Å². The zero-order valence-electron chi connectivity index (χ0n) is 9.90. The minimum atomic E-state index is -0.825. The number of carbonyl (C=O) groups is 2. The standard InChI is InChI=1S/C11H8N4O5/c12-9(16)8-10(14-5-13-8)20-11(17)6-1-3-7(4-2-6)15(18)19/h1-5H,(H2,12,16)(H,13,14). The second-order valence-corrected chi connectivity index (χ2v) is 3.64. The van der Waals surface area contributed by atoms with Crippen molar-refractivity contribution >= 4 is 17.6 Å². The lowest BCUT2D eigenvalue weighted by Gasteiger charge is -2.02. The third-order valence-corrected chi connectivity index (χ3v) is 2.35. The van der Waals surface area contributed by atoms with Crippen molar-refractivity contribution in [2.75, 3.05) is 0 Å². The van der Waals surface area contributed by atoms with Gasteiger partial charge < -0.3 is 15.5 Å². The summed E-state index contributed by atoms with van der Waals surface area (Å²) < 4.78 is 4.88. The number of ether oxygens (including phenoxy) is 1. The van der Waals surface area contributed by atoms with Crippen LogP contribution in [-0.4, -0.2) is 26.8 Å². The summed E-state index contributed by atoms with van der Waals surface area (Å²) in [5, 5.41) is 10.5. The number of imidazole rings is 1. The van der Waals surface area contributed by atoms with Gasteiger partial charge in [0.05, 0.1) is 16.8 Å². The van der Waals surface area contributed by atoms with Gasteiger partial charge in [-0.25, -0.2) is 9.78 Å². The first kappa shape index (κ1) is 13.2. The molecule has 0 atom stereocenters. The molecule has 1 aromatic carbocycles. The minimum absolute atomic E-state index is 0.0778. The Bertz CT molecular complexity index is 676. The summed E-state index contributed by atoms with van der Waals surface area (Å²) in [4.78, 5) is 38.7. The highest BCUT2D eigenvalue weighted by Crippen LogP contribution is 2.16. The van der Waals surface area contributed by atoms with Gasteiger partial charge in [-0.3, -0.25) is 14.9 Å². The van der Waals surface area contributed by atoms with Crippen LogP contribution < -0.4 is 10.5 Å². The molecule has 0 aliphatic carbocycles. The van der Waals surface area contributed by atoms with Crippen LogP contribution in [0, 0.1) is 10.1 Å². The van der Waals surface area contributed by atoms with E-state index in [2.05, 4.69) is 9.97 Å². The summed E-state index contributed by atoms with van der Waals surface area (Å²) in [6, 6.07) is 4.79. The quantitative estimate of drug-likeness (QED) is 0.476. The lowest BCUT2D eigenvalue weighted by molar-refractivity contribution is -0.384. The Hall–Kier alpha value is -3.23. The number of nitro groups is 1. The van der Waals surface area contributed by atoms with Crippen LogP contribution in [0.1, 0.15) is 20.8 Å². The Morgan fingerprint density at radius 2 is 1.95 bits per heavy atom. The first-order valence-corrected chi connectivity index (χ1v) is 5.29. The summed E-state index contributed by atoms with van der Waals surface area (Å²) in [5.74, 6) is -1.88. The summed E-state index contributed by atoms with van der Waals surface area (Å²) in [6.45, 7) is 0. The number of aromatic nitrogens is 2. The second-order valence-electron chi connectivity index (χ2n) is 3.64. The van der Waals surface area contributed by atoms with Crippen molar-refractivity contribution in [2.45, 2.75) is 0 Å². The van der Waals surface area contributed by atoms with E-state index < -0.39 is 16.8 Å². The average molecular weight is 276 g/mol. The number of nitrogens with one attached hydrogen (secondary N) is 1. The number of hydrogen-bond donors (Lipinski definition) is 2. The van der Waals surface area contributed by atoms with Crippen molar-refractivity contribution < 1.29 is 19.2 Å². The molecule has 9 nitrogen and oxygen atoms in total. The second kappa shape index (κ2) is 5.18. The molecule has 0 spiro atoms. The number of H-pyrrole nitrogens is 1. The third-order valence-electron chi connectivity index (χ3n) is 2.35. The number of hydrogen-bond acceptors (Lipinski definition) is 6. The van der Waals surface area contributed by atoms with Gasteiger partial charge in [0.1, 0.15) is 0 Å². The fraction of sp³-hybridized carbons (Fsp3) is 0. The molecule has 2 aromatic rings. The SMILES string of the molecule is NC(=O)c1[nH]cnc1OC(=O)c1ccc([N+](=O)[O-])cc1. The number of aromatic amines is 1. The number of nitrogens with zero attached hydrogens (tertiary/aromatic N) is 2. The van der Waals surface area contributed by atoms with Gasteiger partial charge in [0, 0.05) is 12.1 Å². The molecule has 102 valence electrons. The smallest absolute Gasteiger partial charge is 0.344 e. The fourth-order valence-corrected chi connectivity index (χ4v) is 1.40. The van der Waals surface area contributed by atoms with Crippen LogP contribution >= 0.6 is 0 Å². The normalized spacial score (nSPS) is 10.0. The van der Waals surface area contributed by atoms with E-state index in [4.69, 9.17) is 10.5 Å². The zero-order valence-corrected chi connectivity index (χ0v) is 9.90. The summed E-state index contributed by atoms with van der Waals surface area (Å²) in [6.07, 6.45) is 1.15. The lowest BCUT2D eigenvalue weighted by atomic mass is 10.2. The van der Waals surface area contributed by atoms with Crippen LogP contribution in [0.2, 0.25) is 0 Å². The number of primary amides is 1. The number of benzene rings is 1. The molecule has 0 aliphatic rings. The van der Waals surface area contributed by atoms with Crippen LogP contribution in [0.15, 0.2) is 30.6 Å². The minimum Gasteiger partial charge on any atom is -0.401 e. The van der Waals surface area contributed by atoms with Crippen molar-refractivity contribution in [3.8, 4) is 5.88 Å². The molecule has 0 bridgehead atoms. The molecule has 1 aromatic heterocycles. The highest BCUT2D eigenvalue weighted by Gasteiger charge is 2.17. The van der Waals surface area contributed by atoms with Crippen molar-refractivity contribution in [2.24, 2.45) is 5.73 Å². The predicted octanol–water partition coefficient (Wildman–Crippen LogP) is 0.636. The molecular weight excluding hydrogens is 268 g/mol. The first-order valence-electron chi connectivity index (χ1n) is 5.29. The van der Waals surface area contributed by atoms with E-state index in [0.29, 0.717) is 0 Å². The molecule has 2 rings (SSSR count). The van der Waals surface area contributed by atoms with Gasteiger partial charge in [-0.1, -0.05) is 0 Å². The molecule has 3 N–H and O–H groups in total. The zero-order chi connectivity index (χ0) is 14.7. The molecule has 0 aliphatic heterocycles. The number of nitro benzene ring substituents is 1. The monoisotopic (exact) mass is 276 g/mol. The number of non-ortho nitro benzene ring substituents is 1. The Morgan fingerprint density at radius 3 is 2.50 bits per heavy atom. The van der Waals surface area contributed by atoms with Crippen LogP contribution in [-0.2, 0) is 0 Å². The number of amides is 1. The van der Waals surface area contributed by atoms with Gasteiger partial charge in [0.2, 0.25) is 0 Å². The van der Waals surface area contributed by atoms with E-state index in [1.54, 1.807) is 0 Å². The van der Waals surface area contributed by atoms with E-state index in [9.17, 15) is 19.7 Å². The van der Waals surface area contributed by atoms with Crippen molar-refractivity contribution in [1.29, 1.82) is 0 Å². The highest BCUT2D eigenvalue weighted by atomic mass is 16.6. The summed E-state index contributed by atoms with van der Waals surface area (Å²) >= 11 is 0. The number of nitrogens with two attached hydrogens (primary N) is 1. The molecular formula is C11H8N4O5. The molecule has 0 unspecified atom stereocenters. The van der Waals surface area contributed by atoms with Crippen LogP contribution in [0.4, 0.5) is 5.69 Å². The molecule has 0 radical (unpaired) electrons. The molecule has 9 heteroatoms. The van der Waals surface area contributed by atoms with Gasteiger partial charge in [0.25, 0.3) is 17.5 Å². The van der Waals surface area contributed by atoms with E-state index >= 15 is 0 Å². The number of esters is 1. The Kier molecular flexibility index (Phi) is 3.42. The largest absolute Gasteiger partial charge is 0.401 e. The molecule has 0 saturated carbocycles. The van der Waals surface area contributed by atoms with Crippen LogP contribution in [0.5, 0.6) is 5.88 Å². The Morgan fingerprint density at radius 1 is 1.30 bits per heavy atom. The summed E-state index contributed by atoms with van der Waals surface area (Å²) in [5.41, 5.74) is 4.84. The third kappa shape index (κ3) is 2.61. The molecule has 1 heterocycles. The number of rotatable bonds is 4. The van der Waals surface area contributed by atoms with Crippen molar-refractivity contribution in [3.63, 3.8) is 0 Å². The van der Waals surface area contributed by atoms with E-state index in [-0.39, 0.29) is 22.8 Å². The lowest BCUT2D eigenvalue weighted by Crippen LogP contribution is -2.16. The summed E-state index contributed by atoms with van der Waals surface area (Å²) in [7, 11) is 0. The Labute approximate surface area is 111 Å². The maximum atomic E-state index is 11.8. The van der Waals surface area contributed by atoms with Crippen LogP contribution in [0.25, 0.3) is 0 Å². The van der Waals surface area contributed by atoms with Gasteiger partial charge in [-0.2, -0.15) is 0 Å². The molecule has 0 fully saturated rings. The van der Waals surface area contributed by atoms with E-state index in [1.165, 1.54) is 12.1 Å². The fourth-order valence-electron chi connectivity index (χ4n) is 1.40. The molecule has 20 heavy (non-hydrogen) atoms.